The number of hydrogen-bond donors (Lipinski definition) is 0. The highest BCUT2D eigenvalue weighted by molar-refractivity contribution is 8.04. The number of hydrogen-bond acceptors (Lipinski definition) is 4. The molecule has 4 aromatic rings. The molecule has 0 N–H and O–H groups in total. The van der Waals surface area contributed by atoms with Gasteiger partial charge in [0.25, 0.3) is 20.0 Å². The Morgan fingerprint density at radius 2 is 0.964 bits per heavy atom. The van der Waals surface area contributed by atoms with E-state index in [2.05, 4.69) is 0 Å². The van der Waals surface area contributed by atoms with Crippen molar-refractivity contribution in [2.75, 3.05) is 7.05 Å². The van der Waals surface area contributed by atoms with Crippen LogP contribution >= 0.6 is 0 Å². The minimum absolute atomic E-state index is 0.00706. The van der Waals surface area contributed by atoms with Gasteiger partial charge in [0, 0.05) is 18.2 Å². The maximum absolute atomic E-state index is 13.2. The fourth-order valence-corrected chi connectivity index (χ4v) is 7.34. The van der Waals surface area contributed by atoms with Gasteiger partial charge >= 0.3 is 0 Å². The zero-order valence-electron chi connectivity index (χ0n) is 14.8. The molecular formula is C21H15NO4S2. The quantitative estimate of drug-likeness (QED) is 0.440. The molecule has 1 aliphatic heterocycles. The van der Waals surface area contributed by atoms with Gasteiger partial charge in [-0.3, -0.25) is 0 Å². The van der Waals surface area contributed by atoms with Gasteiger partial charge in [0.05, 0.1) is 9.79 Å². The van der Waals surface area contributed by atoms with Crippen LogP contribution in [0.3, 0.4) is 0 Å². The number of benzene rings is 4. The van der Waals surface area contributed by atoms with Crippen molar-refractivity contribution in [2.45, 2.75) is 9.79 Å². The molecule has 7 heteroatoms. The molecule has 0 saturated carbocycles. The van der Waals surface area contributed by atoms with Gasteiger partial charge < -0.3 is 0 Å². The van der Waals surface area contributed by atoms with E-state index in [4.69, 9.17) is 0 Å². The first-order chi connectivity index (χ1) is 13.3. The van der Waals surface area contributed by atoms with Crippen LogP contribution in [0.4, 0.5) is 0 Å². The van der Waals surface area contributed by atoms with E-state index >= 15 is 0 Å². The van der Waals surface area contributed by atoms with Crippen LogP contribution < -0.4 is 0 Å². The molecule has 4 aromatic carbocycles. The third-order valence-electron chi connectivity index (χ3n) is 5.26. The zero-order valence-corrected chi connectivity index (χ0v) is 16.5. The lowest BCUT2D eigenvalue weighted by Crippen LogP contribution is -2.32. The molecule has 0 amide bonds. The molecule has 0 atom stereocenters. The van der Waals surface area contributed by atoms with Crippen molar-refractivity contribution in [3.8, 4) is 11.1 Å². The second-order valence-electron chi connectivity index (χ2n) is 6.71. The summed E-state index contributed by atoms with van der Waals surface area (Å²) in [6.07, 6.45) is 0. The summed E-state index contributed by atoms with van der Waals surface area (Å²) < 4.78 is 53.4. The minimum atomic E-state index is -4.25. The van der Waals surface area contributed by atoms with Crippen LogP contribution in [-0.4, -0.2) is 27.6 Å². The van der Waals surface area contributed by atoms with Crippen molar-refractivity contribution in [1.82, 2.24) is 3.71 Å². The summed E-state index contributed by atoms with van der Waals surface area (Å²) in [6.45, 7) is 0. The van der Waals surface area contributed by atoms with Crippen molar-refractivity contribution >= 4 is 41.6 Å². The Bertz CT molecular complexity index is 1390. The molecule has 0 fully saturated rings. The highest BCUT2D eigenvalue weighted by Gasteiger charge is 2.41. The molecule has 5 nitrogen and oxygen atoms in total. The van der Waals surface area contributed by atoms with Gasteiger partial charge in [-0.1, -0.05) is 64.4 Å². The Labute approximate surface area is 162 Å². The SMILES string of the molecule is CN1S(=O)(=O)c2ccc3ccccc3c2-c2c(ccc3ccccc23)S1(=O)=O. The first-order valence-corrected chi connectivity index (χ1v) is 11.5. The normalized spacial score (nSPS) is 17.8. The van der Waals surface area contributed by atoms with Crippen molar-refractivity contribution in [1.29, 1.82) is 0 Å². The van der Waals surface area contributed by atoms with Crippen LogP contribution in [0.25, 0.3) is 32.7 Å². The molecule has 140 valence electrons. The zero-order chi connectivity index (χ0) is 19.7. The highest BCUT2D eigenvalue weighted by Crippen LogP contribution is 2.46. The number of sulfonamides is 2. The smallest absolute Gasteiger partial charge is 0.206 e. The van der Waals surface area contributed by atoms with Crippen LogP contribution in [0.2, 0.25) is 0 Å². The third kappa shape index (κ3) is 2.15. The standard InChI is InChI=1S/C21H15NO4S2/c1-22-27(23,24)18-12-10-14-6-2-4-8-16(14)20(18)21-17-9-5-3-7-15(17)11-13-19(21)28(22,25)26/h2-13H,1H3. The van der Waals surface area contributed by atoms with Gasteiger partial charge in [-0.15, -0.1) is 0 Å². The number of nitrogens with zero attached hydrogens (tertiary/aromatic N) is 1. The first kappa shape index (κ1) is 17.4. The minimum Gasteiger partial charge on any atom is -0.206 e. The second-order valence-corrected chi connectivity index (χ2v) is 10.8. The molecule has 1 heterocycles. The molecule has 1 aliphatic rings. The molecule has 0 unspecified atom stereocenters. The van der Waals surface area contributed by atoms with Crippen molar-refractivity contribution in [3.05, 3.63) is 72.8 Å². The third-order valence-corrected chi connectivity index (χ3v) is 9.59. The molecule has 0 aromatic heterocycles. The van der Waals surface area contributed by atoms with Crippen molar-refractivity contribution in [2.24, 2.45) is 0 Å². The fourth-order valence-electron chi connectivity index (χ4n) is 3.85. The van der Waals surface area contributed by atoms with Gasteiger partial charge in [-0.2, -0.15) is 0 Å². The number of fused-ring (bicyclic) bond motifs is 7. The maximum Gasteiger partial charge on any atom is 0.256 e. The molecule has 0 radical (unpaired) electrons. The van der Waals surface area contributed by atoms with Crippen molar-refractivity contribution in [3.63, 3.8) is 0 Å². The summed E-state index contributed by atoms with van der Waals surface area (Å²) >= 11 is 0. The maximum atomic E-state index is 13.2. The average Bonchev–Trinajstić information content (AvgIpc) is 2.75. The van der Waals surface area contributed by atoms with E-state index in [0.29, 0.717) is 25.6 Å². The monoisotopic (exact) mass is 409 g/mol. The van der Waals surface area contributed by atoms with Crippen molar-refractivity contribution < 1.29 is 16.8 Å². The van der Waals surface area contributed by atoms with Gasteiger partial charge in [-0.25, -0.2) is 16.8 Å². The Kier molecular flexibility index (Phi) is 3.49. The topological polar surface area (TPSA) is 71.5 Å². The Morgan fingerprint density at radius 3 is 1.39 bits per heavy atom. The Hall–Kier alpha value is -2.74. The van der Waals surface area contributed by atoms with E-state index in [1.807, 2.05) is 48.5 Å². The van der Waals surface area contributed by atoms with Gasteiger partial charge in [0.1, 0.15) is 0 Å². The fraction of sp³-hybridized carbons (Fsp3) is 0.0476. The summed E-state index contributed by atoms with van der Waals surface area (Å²) in [6, 6.07) is 21.2. The van der Waals surface area contributed by atoms with Crippen LogP contribution in [-0.2, 0) is 20.0 Å². The largest absolute Gasteiger partial charge is 0.256 e. The summed E-state index contributed by atoms with van der Waals surface area (Å²) in [5, 5.41) is 3.09. The lowest BCUT2D eigenvalue weighted by molar-refractivity contribution is 0.527. The van der Waals surface area contributed by atoms with Gasteiger partial charge in [0.2, 0.25) is 0 Å². The molecular weight excluding hydrogens is 394 g/mol. The van der Waals surface area contributed by atoms with Crippen LogP contribution in [0.5, 0.6) is 0 Å². The number of rotatable bonds is 0. The van der Waals surface area contributed by atoms with Gasteiger partial charge in [0.15, 0.2) is 0 Å². The molecule has 28 heavy (non-hydrogen) atoms. The lowest BCUT2D eigenvalue weighted by Gasteiger charge is -2.15. The van der Waals surface area contributed by atoms with E-state index < -0.39 is 20.0 Å². The summed E-state index contributed by atoms with van der Waals surface area (Å²) in [7, 11) is -7.40. The average molecular weight is 409 g/mol. The summed E-state index contributed by atoms with van der Waals surface area (Å²) in [4.78, 5) is -0.0141. The molecule has 0 bridgehead atoms. The predicted octanol–water partition coefficient (Wildman–Crippen LogP) is 3.98. The van der Waals surface area contributed by atoms with Crippen LogP contribution in [0, 0.1) is 0 Å². The Balaban J connectivity index is 2.16. The predicted molar refractivity (Wildman–Crippen MR) is 109 cm³/mol. The van der Waals surface area contributed by atoms with E-state index in [-0.39, 0.29) is 9.79 Å². The summed E-state index contributed by atoms with van der Waals surface area (Å²) in [5.74, 6) is 0. The van der Waals surface area contributed by atoms with Crippen LogP contribution in [0.1, 0.15) is 0 Å². The molecule has 0 spiro atoms. The highest BCUT2D eigenvalue weighted by atomic mass is 32.3. The van der Waals surface area contributed by atoms with E-state index in [1.165, 1.54) is 12.1 Å². The second kappa shape index (κ2) is 5.64. The van der Waals surface area contributed by atoms with E-state index in [0.717, 1.165) is 17.8 Å². The van der Waals surface area contributed by atoms with E-state index in [1.54, 1.807) is 12.1 Å². The van der Waals surface area contributed by atoms with Crippen LogP contribution in [0.15, 0.2) is 82.6 Å². The van der Waals surface area contributed by atoms with Gasteiger partial charge in [-0.05, 0) is 33.7 Å². The molecule has 0 aliphatic carbocycles. The molecule has 0 saturated heterocycles. The first-order valence-electron chi connectivity index (χ1n) is 8.61. The summed E-state index contributed by atoms with van der Waals surface area (Å²) in [5.41, 5.74) is 0.857. The Morgan fingerprint density at radius 1 is 0.571 bits per heavy atom. The lowest BCUT2D eigenvalue weighted by atomic mass is 9.94. The molecule has 5 rings (SSSR count). The van der Waals surface area contributed by atoms with E-state index in [9.17, 15) is 16.8 Å².